The molecule has 1 atom stereocenters. The Morgan fingerprint density at radius 1 is 1.50 bits per heavy atom. The molecule has 1 heterocycles. The van der Waals surface area contributed by atoms with Crippen molar-refractivity contribution < 1.29 is 19.7 Å². The molecule has 1 aliphatic rings. The van der Waals surface area contributed by atoms with Gasteiger partial charge in [-0.25, -0.2) is 0 Å². The van der Waals surface area contributed by atoms with E-state index in [0.29, 0.717) is 30.8 Å². The summed E-state index contributed by atoms with van der Waals surface area (Å²) in [6.07, 6.45) is 0.570. The van der Waals surface area contributed by atoms with E-state index in [-0.39, 0.29) is 11.7 Å². The molecule has 5 heteroatoms. The molecule has 18 heavy (non-hydrogen) atoms. The van der Waals surface area contributed by atoms with Crippen LogP contribution in [-0.2, 0) is 0 Å². The van der Waals surface area contributed by atoms with Crippen LogP contribution in [0.4, 0.5) is 0 Å². The molecular formula is C13H17NO4. The van der Waals surface area contributed by atoms with Gasteiger partial charge in [0.1, 0.15) is 0 Å². The number of methoxy groups -OCH3 is 1. The van der Waals surface area contributed by atoms with Crippen molar-refractivity contribution in [2.75, 3.05) is 20.2 Å². The lowest BCUT2D eigenvalue weighted by Gasteiger charge is -2.19. The van der Waals surface area contributed by atoms with Crippen LogP contribution in [0.2, 0.25) is 0 Å². The van der Waals surface area contributed by atoms with E-state index >= 15 is 0 Å². The van der Waals surface area contributed by atoms with Crippen molar-refractivity contribution in [3.05, 3.63) is 23.8 Å². The monoisotopic (exact) mass is 251 g/mol. The first-order valence-electron chi connectivity index (χ1n) is 5.81. The van der Waals surface area contributed by atoms with E-state index in [1.165, 1.54) is 13.2 Å². The molecule has 0 saturated carbocycles. The highest BCUT2D eigenvalue weighted by molar-refractivity contribution is 5.95. The second-order valence-electron chi connectivity index (χ2n) is 4.86. The average Bonchev–Trinajstić information content (AvgIpc) is 2.68. The normalized spacial score (nSPS) is 23.2. The lowest BCUT2D eigenvalue weighted by Crippen LogP contribution is -2.33. The Balaban J connectivity index is 2.17. The molecule has 0 spiro atoms. The third kappa shape index (κ3) is 2.41. The van der Waals surface area contributed by atoms with Gasteiger partial charge in [0.2, 0.25) is 0 Å². The van der Waals surface area contributed by atoms with Crippen molar-refractivity contribution in [2.24, 2.45) is 0 Å². The van der Waals surface area contributed by atoms with Crippen LogP contribution in [0, 0.1) is 0 Å². The SMILES string of the molecule is COc1ccc(C(=O)N2CCC(C)(O)C2)cc1O. The van der Waals surface area contributed by atoms with Crippen LogP contribution in [0.25, 0.3) is 0 Å². The summed E-state index contributed by atoms with van der Waals surface area (Å²) in [6.45, 7) is 2.56. The minimum absolute atomic E-state index is 0.0608. The van der Waals surface area contributed by atoms with Crippen LogP contribution >= 0.6 is 0 Å². The van der Waals surface area contributed by atoms with E-state index in [1.54, 1.807) is 24.0 Å². The highest BCUT2D eigenvalue weighted by atomic mass is 16.5. The Bertz CT molecular complexity index is 470. The number of likely N-dealkylation sites (tertiary alicyclic amines) is 1. The van der Waals surface area contributed by atoms with Gasteiger partial charge in [0.15, 0.2) is 11.5 Å². The van der Waals surface area contributed by atoms with Gasteiger partial charge < -0.3 is 19.8 Å². The molecule has 2 N–H and O–H groups in total. The van der Waals surface area contributed by atoms with Gasteiger partial charge >= 0.3 is 0 Å². The number of rotatable bonds is 2. The van der Waals surface area contributed by atoms with Gasteiger partial charge in [0, 0.05) is 18.7 Å². The first-order valence-corrected chi connectivity index (χ1v) is 5.81. The largest absolute Gasteiger partial charge is 0.504 e. The van der Waals surface area contributed by atoms with Gasteiger partial charge in [0.25, 0.3) is 5.91 Å². The summed E-state index contributed by atoms with van der Waals surface area (Å²) in [5, 5.41) is 19.5. The fraction of sp³-hybridized carbons (Fsp3) is 0.462. The zero-order valence-electron chi connectivity index (χ0n) is 10.5. The van der Waals surface area contributed by atoms with E-state index in [2.05, 4.69) is 0 Å². The third-order valence-corrected chi connectivity index (χ3v) is 3.16. The van der Waals surface area contributed by atoms with Gasteiger partial charge in [-0.05, 0) is 31.5 Å². The highest BCUT2D eigenvalue weighted by Gasteiger charge is 2.34. The number of carbonyl (C=O) groups excluding carboxylic acids is 1. The molecule has 1 amide bonds. The quantitative estimate of drug-likeness (QED) is 0.822. The number of phenols is 1. The zero-order chi connectivity index (χ0) is 13.3. The molecule has 0 bridgehead atoms. The number of ether oxygens (including phenoxy) is 1. The second-order valence-corrected chi connectivity index (χ2v) is 4.86. The second kappa shape index (κ2) is 4.49. The van der Waals surface area contributed by atoms with Crippen molar-refractivity contribution in [3.8, 4) is 11.5 Å². The van der Waals surface area contributed by atoms with E-state index in [0.717, 1.165) is 0 Å². The van der Waals surface area contributed by atoms with Gasteiger partial charge in [-0.15, -0.1) is 0 Å². The summed E-state index contributed by atoms with van der Waals surface area (Å²) in [5.74, 6) is 0.0833. The van der Waals surface area contributed by atoms with Crippen LogP contribution < -0.4 is 4.74 Å². The van der Waals surface area contributed by atoms with Crippen LogP contribution in [0.5, 0.6) is 11.5 Å². The predicted molar refractivity (Wildman–Crippen MR) is 65.8 cm³/mol. The van der Waals surface area contributed by atoms with Crippen molar-refractivity contribution >= 4 is 5.91 Å². The number of aromatic hydroxyl groups is 1. The fourth-order valence-corrected chi connectivity index (χ4v) is 2.12. The number of amides is 1. The Morgan fingerprint density at radius 3 is 2.72 bits per heavy atom. The number of hydrogen-bond acceptors (Lipinski definition) is 4. The van der Waals surface area contributed by atoms with Crippen LogP contribution in [0.3, 0.4) is 0 Å². The summed E-state index contributed by atoms with van der Waals surface area (Å²) < 4.78 is 4.92. The number of benzene rings is 1. The maximum atomic E-state index is 12.1. The molecule has 98 valence electrons. The molecule has 1 aromatic carbocycles. The summed E-state index contributed by atoms with van der Waals surface area (Å²) >= 11 is 0. The van der Waals surface area contributed by atoms with Crippen LogP contribution in [0.15, 0.2) is 18.2 Å². The summed E-state index contributed by atoms with van der Waals surface area (Å²) in [6, 6.07) is 4.54. The lowest BCUT2D eigenvalue weighted by molar-refractivity contribution is 0.0572. The molecule has 1 aromatic rings. The summed E-state index contributed by atoms with van der Waals surface area (Å²) in [5.41, 5.74) is -0.421. The zero-order valence-corrected chi connectivity index (χ0v) is 10.5. The number of aliphatic hydroxyl groups is 1. The minimum atomic E-state index is -0.815. The first-order chi connectivity index (χ1) is 8.43. The number of nitrogens with zero attached hydrogens (tertiary/aromatic N) is 1. The molecular weight excluding hydrogens is 234 g/mol. The minimum Gasteiger partial charge on any atom is -0.504 e. The molecule has 1 aliphatic heterocycles. The Kier molecular flexibility index (Phi) is 3.17. The third-order valence-electron chi connectivity index (χ3n) is 3.16. The van der Waals surface area contributed by atoms with E-state index in [4.69, 9.17) is 4.74 Å². The molecule has 1 unspecified atom stereocenters. The summed E-state index contributed by atoms with van der Waals surface area (Å²) in [4.78, 5) is 13.7. The molecule has 0 aliphatic carbocycles. The van der Waals surface area contributed by atoms with Crippen molar-refractivity contribution in [2.45, 2.75) is 18.9 Å². The molecule has 1 saturated heterocycles. The standard InChI is InChI=1S/C13H17NO4/c1-13(17)5-6-14(8-13)12(16)9-3-4-11(18-2)10(15)7-9/h3-4,7,15,17H,5-6,8H2,1-2H3. The Morgan fingerprint density at radius 2 is 2.22 bits per heavy atom. The maximum absolute atomic E-state index is 12.1. The van der Waals surface area contributed by atoms with E-state index < -0.39 is 5.60 Å². The smallest absolute Gasteiger partial charge is 0.254 e. The number of carbonyl (C=O) groups is 1. The van der Waals surface area contributed by atoms with Crippen molar-refractivity contribution in [3.63, 3.8) is 0 Å². The topological polar surface area (TPSA) is 70.0 Å². The lowest BCUT2D eigenvalue weighted by atomic mass is 10.1. The fourth-order valence-electron chi connectivity index (χ4n) is 2.12. The van der Waals surface area contributed by atoms with Gasteiger partial charge in [-0.3, -0.25) is 4.79 Å². The Labute approximate surface area is 106 Å². The maximum Gasteiger partial charge on any atom is 0.254 e. The Hall–Kier alpha value is -1.75. The molecule has 2 rings (SSSR count). The highest BCUT2D eigenvalue weighted by Crippen LogP contribution is 2.28. The van der Waals surface area contributed by atoms with E-state index in [1.807, 2.05) is 0 Å². The van der Waals surface area contributed by atoms with Gasteiger partial charge in [-0.1, -0.05) is 0 Å². The molecule has 1 fully saturated rings. The van der Waals surface area contributed by atoms with Crippen LogP contribution in [0.1, 0.15) is 23.7 Å². The number of phenolic OH excluding ortho intramolecular Hbond substituents is 1. The molecule has 0 aromatic heterocycles. The van der Waals surface area contributed by atoms with Crippen molar-refractivity contribution in [1.82, 2.24) is 4.90 Å². The summed E-state index contributed by atoms with van der Waals surface area (Å²) in [7, 11) is 1.45. The van der Waals surface area contributed by atoms with Crippen molar-refractivity contribution in [1.29, 1.82) is 0 Å². The molecule has 0 radical (unpaired) electrons. The first kappa shape index (κ1) is 12.7. The van der Waals surface area contributed by atoms with Gasteiger partial charge in [-0.2, -0.15) is 0 Å². The number of hydrogen-bond donors (Lipinski definition) is 2. The average molecular weight is 251 g/mol. The predicted octanol–water partition coefficient (Wildman–Crippen LogP) is 0.998. The van der Waals surface area contributed by atoms with E-state index in [9.17, 15) is 15.0 Å². The number of β-amino-alcohol motifs (C(OH)–C–C–N with tert-alkyl or cyclic N) is 1. The van der Waals surface area contributed by atoms with Crippen LogP contribution in [-0.4, -0.2) is 46.8 Å². The van der Waals surface area contributed by atoms with Gasteiger partial charge in [0.05, 0.1) is 12.7 Å². The molecule has 5 nitrogen and oxygen atoms in total.